The second-order valence-electron chi connectivity index (χ2n) is 6.20. The number of likely N-dealkylation sites (tertiary alicyclic amines) is 1. The van der Waals surface area contributed by atoms with E-state index >= 15 is 0 Å². The number of amides is 2. The number of carbonyl (C=O) groups excluding carboxylic acids is 1. The number of carbonyl (C=O) groups is 1. The minimum absolute atomic E-state index is 0.0140. The molecule has 2 aromatic rings. The average Bonchev–Trinajstić information content (AvgIpc) is 3.23. The zero-order chi connectivity index (χ0) is 16.9. The summed E-state index contributed by atoms with van der Waals surface area (Å²) in [5.41, 5.74) is 0.861. The fraction of sp³-hybridized carbons (Fsp3) is 0.471. The summed E-state index contributed by atoms with van der Waals surface area (Å²) in [6, 6.07) is 5.88. The van der Waals surface area contributed by atoms with Crippen LogP contribution in [-0.4, -0.2) is 44.9 Å². The van der Waals surface area contributed by atoms with Gasteiger partial charge in [-0.15, -0.1) is 0 Å². The lowest BCUT2D eigenvalue weighted by Crippen LogP contribution is -2.39. The predicted octanol–water partition coefficient (Wildman–Crippen LogP) is 2.22. The molecule has 0 aliphatic carbocycles. The molecule has 7 nitrogen and oxygen atoms in total. The number of aromatic nitrogens is 3. The minimum Gasteiger partial charge on any atom is -0.487 e. The van der Waals surface area contributed by atoms with Crippen molar-refractivity contribution in [3.05, 3.63) is 42.5 Å². The van der Waals surface area contributed by atoms with Gasteiger partial charge in [-0.25, -0.2) is 4.79 Å². The van der Waals surface area contributed by atoms with E-state index in [9.17, 15) is 4.79 Å². The highest BCUT2D eigenvalue weighted by atomic mass is 16.5. The van der Waals surface area contributed by atoms with E-state index in [1.807, 2.05) is 29.1 Å². The first-order valence-corrected chi connectivity index (χ1v) is 8.25. The summed E-state index contributed by atoms with van der Waals surface area (Å²) in [6.07, 6.45) is 6.17. The van der Waals surface area contributed by atoms with Gasteiger partial charge in [0.15, 0.2) is 0 Å². The number of urea groups is 1. The van der Waals surface area contributed by atoms with Crippen LogP contribution in [-0.2, 0) is 6.54 Å². The molecule has 1 saturated heterocycles. The van der Waals surface area contributed by atoms with Gasteiger partial charge in [-0.05, 0) is 32.0 Å². The van der Waals surface area contributed by atoms with Gasteiger partial charge in [-0.3, -0.25) is 9.67 Å². The standard InChI is InChI=1S/C17H23N5O2/c1-13(2)22-9-5-14(20-22)10-19-17(23)21-8-6-16(12-21)24-15-4-3-7-18-11-15/h3-5,7,9,11,13,16H,6,8,10,12H2,1-2H3,(H,19,23). The van der Waals surface area contributed by atoms with Crippen LogP contribution in [0.2, 0.25) is 0 Å². The Bertz CT molecular complexity index is 671. The van der Waals surface area contributed by atoms with Crippen molar-refractivity contribution in [2.75, 3.05) is 13.1 Å². The highest BCUT2D eigenvalue weighted by molar-refractivity contribution is 5.74. The van der Waals surface area contributed by atoms with Gasteiger partial charge in [0, 0.05) is 31.4 Å². The van der Waals surface area contributed by atoms with Crippen LogP contribution in [0.1, 0.15) is 32.0 Å². The molecular formula is C17H23N5O2. The van der Waals surface area contributed by atoms with Crippen molar-refractivity contribution >= 4 is 6.03 Å². The van der Waals surface area contributed by atoms with Crippen LogP contribution in [0.5, 0.6) is 5.75 Å². The lowest BCUT2D eigenvalue weighted by molar-refractivity contribution is 0.186. The molecule has 1 fully saturated rings. The molecule has 2 aromatic heterocycles. The van der Waals surface area contributed by atoms with Crippen molar-refractivity contribution < 1.29 is 9.53 Å². The van der Waals surface area contributed by atoms with Crippen LogP contribution < -0.4 is 10.1 Å². The van der Waals surface area contributed by atoms with Crippen molar-refractivity contribution in [3.63, 3.8) is 0 Å². The van der Waals surface area contributed by atoms with Gasteiger partial charge in [0.25, 0.3) is 0 Å². The Morgan fingerprint density at radius 2 is 2.33 bits per heavy atom. The zero-order valence-electron chi connectivity index (χ0n) is 14.1. The van der Waals surface area contributed by atoms with Gasteiger partial charge >= 0.3 is 6.03 Å². The van der Waals surface area contributed by atoms with E-state index in [4.69, 9.17) is 4.74 Å². The predicted molar refractivity (Wildman–Crippen MR) is 89.7 cm³/mol. The number of rotatable bonds is 5. The van der Waals surface area contributed by atoms with Crippen LogP contribution in [0.4, 0.5) is 4.79 Å². The topological polar surface area (TPSA) is 72.3 Å². The molecule has 0 aromatic carbocycles. The Morgan fingerprint density at radius 3 is 3.04 bits per heavy atom. The molecule has 1 atom stereocenters. The fourth-order valence-corrected chi connectivity index (χ4v) is 2.66. The summed E-state index contributed by atoms with van der Waals surface area (Å²) >= 11 is 0. The summed E-state index contributed by atoms with van der Waals surface area (Å²) < 4.78 is 7.73. The van der Waals surface area contributed by atoms with Gasteiger partial charge in [0.05, 0.1) is 25.0 Å². The lowest BCUT2D eigenvalue weighted by Gasteiger charge is -2.17. The molecule has 1 aliphatic rings. The third-order valence-electron chi connectivity index (χ3n) is 3.98. The molecule has 0 radical (unpaired) electrons. The van der Waals surface area contributed by atoms with Crippen molar-refractivity contribution in [1.82, 2.24) is 25.0 Å². The number of nitrogens with zero attached hydrogens (tertiary/aromatic N) is 4. The molecule has 0 spiro atoms. The molecule has 1 aliphatic heterocycles. The minimum atomic E-state index is -0.0774. The molecule has 3 heterocycles. The highest BCUT2D eigenvalue weighted by Gasteiger charge is 2.27. The molecule has 1 unspecified atom stereocenters. The number of ether oxygens (including phenoxy) is 1. The van der Waals surface area contributed by atoms with Gasteiger partial charge in [-0.2, -0.15) is 5.10 Å². The third kappa shape index (κ3) is 4.04. The van der Waals surface area contributed by atoms with Gasteiger partial charge in [0.1, 0.15) is 11.9 Å². The second-order valence-corrected chi connectivity index (χ2v) is 6.20. The van der Waals surface area contributed by atoms with E-state index < -0.39 is 0 Å². The summed E-state index contributed by atoms with van der Waals surface area (Å²) in [4.78, 5) is 18.1. The monoisotopic (exact) mass is 329 g/mol. The Kier molecular flexibility index (Phi) is 4.98. The van der Waals surface area contributed by atoms with Gasteiger partial charge < -0.3 is 15.0 Å². The first kappa shape index (κ1) is 16.3. The summed E-state index contributed by atoms with van der Waals surface area (Å²) in [7, 11) is 0. The maximum Gasteiger partial charge on any atom is 0.317 e. The molecule has 3 rings (SSSR count). The quantitative estimate of drug-likeness (QED) is 0.913. The van der Waals surface area contributed by atoms with E-state index in [1.54, 1.807) is 17.3 Å². The van der Waals surface area contributed by atoms with E-state index in [0.29, 0.717) is 25.7 Å². The average molecular weight is 329 g/mol. The summed E-state index contributed by atoms with van der Waals surface area (Å²) in [5.74, 6) is 0.740. The van der Waals surface area contributed by atoms with Crippen molar-refractivity contribution in [3.8, 4) is 5.75 Å². The van der Waals surface area contributed by atoms with Crippen molar-refractivity contribution in [1.29, 1.82) is 0 Å². The lowest BCUT2D eigenvalue weighted by atomic mass is 10.3. The molecule has 0 saturated carbocycles. The second kappa shape index (κ2) is 7.33. The Morgan fingerprint density at radius 1 is 1.46 bits per heavy atom. The molecule has 24 heavy (non-hydrogen) atoms. The van der Waals surface area contributed by atoms with E-state index in [0.717, 1.165) is 17.9 Å². The van der Waals surface area contributed by atoms with Crippen LogP contribution >= 0.6 is 0 Å². The van der Waals surface area contributed by atoms with Crippen molar-refractivity contribution in [2.45, 2.75) is 39.0 Å². The van der Waals surface area contributed by atoms with E-state index in [1.165, 1.54) is 0 Å². The fourth-order valence-electron chi connectivity index (χ4n) is 2.66. The molecule has 2 amide bonds. The van der Waals surface area contributed by atoms with Crippen molar-refractivity contribution in [2.24, 2.45) is 0 Å². The number of pyridine rings is 1. The first-order valence-electron chi connectivity index (χ1n) is 8.25. The smallest absolute Gasteiger partial charge is 0.317 e. The van der Waals surface area contributed by atoms with E-state index in [2.05, 4.69) is 29.2 Å². The first-order chi connectivity index (χ1) is 11.6. The highest BCUT2D eigenvalue weighted by Crippen LogP contribution is 2.17. The maximum atomic E-state index is 12.3. The Hall–Kier alpha value is -2.57. The SMILES string of the molecule is CC(C)n1ccc(CNC(=O)N2CCC(Oc3cccnc3)C2)n1. The third-order valence-corrected chi connectivity index (χ3v) is 3.98. The zero-order valence-corrected chi connectivity index (χ0v) is 14.1. The van der Waals surface area contributed by atoms with Crippen LogP contribution in [0.15, 0.2) is 36.8 Å². The Balaban J connectivity index is 1.46. The number of hydrogen-bond donors (Lipinski definition) is 1. The summed E-state index contributed by atoms with van der Waals surface area (Å²) in [5, 5.41) is 7.35. The number of nitrogens with one attached hydrogen (secondary N) is 1. The van der Waals surface area contributed by atoms with Gasteiger partial charge in [0.2, 0.25) is 0 Å². The molecule has 1 N–H and O–H groups in total. The van der Waals surface area contributed by atoms with E-state index in [-0.39, 0.29) is 12.1 Å². The van der Waals surface area contributed by atoms with Crippen LogP contribution in [0.25, 0.3) is 0 Å². The normalized spacial score (nSPS) is 17.3. The molecular weight excluding hydrogens is 306 g/mol. The largest absolute Gasteiger partial charge is 0.487 e. The number of hydrogen-bond acceptors (Lipinski definition) is 4. The molecule has 0 bridgehead atoms. The maximum absolute atomic E-state index is 12.3. The molecule has 7 heteroatoms. The van der Waals surface area contributed by atoms with Crippen LogP contribution in [0, 0.1) is 0 Å². The van der Waals surface area contributed by atoms with Gasteiger partial charge in [-0.1, -0.05) is 0 Å². The summed E-state index contributed by atoms with van der Waals surface area (Å²) in [6.45, 7) is 5.85. The van der Waals surface area contributed by atoms with Crippen LogP contribution in [0.3, 0.4) is 0 Å². The molecule has 128 valence electrons. The Labute approximate surface area is 141 Å².